The third-order valence-electron chi connectivity index (χ3n) is 4.13. The van der Waals surface area contributed by atoms with E-state index in [4.69, 9.17) is 21.1 Å². The third kappa shape index (κ3) is 2.48. The summed E-state index contributed by atoms with van der Waals surface area (Å²) < 4.78 is 11.1. The molecule has 1 fully saturated rings. The van der Waals surface area contributed by atoms with Crippen LogP contribution in [0.2, 0.25) is 5.02 Å². The summed E-state index contributed by atoms with van der Waals surface area (Å²) in [6.45, 7) is 7.39. The number of halogens is 1. The first-order valence-electron chi connectivity index (χ1n) is 7.01. The molecule has 0 saturated carbocycles. The van der Waals surface area contributed by atoms with Gasteiger partial charge in [0.2, 0.25) is 0 Å². The van der Waals surface area contributed by atoms with Crippen LogP contribution in [0.25, 0.3) is 0 Å². The lowest BCUT2D eigenvalue weighted by atomic mass is 9.83. The summed E-state index contributed by atoms with van der Waals surface area (Å²) in [5, 5.41) is 10.9. The van der Waals surface area contributed by atoms with Crippen molar-refractivity contribution in [1.29, 1.82) is 0 Å². The number of hydrogen-bond donors (Lipinski definition) is 1. The molecule has 2 heterocycles. The molecule has 0 bridgehead atoms. The van der Waals surface area contributed by atoms with E-state index in [-0.39, 0.29) is 5.92 Å². The van der Waals surface area contributed by atoms with Gasteiger partial charge in [0.1, 0.15) is 13.2 Å². The normalized spacial score (nSPS) is 20.9. The SMILES string of the molecule is CC(C)C1(O)CN(Cc2cc(Cl)c3c(c2)OCCO3)C1. The summed E-state index contributed by atoms with van der Waals surface area (Å²) in [5.74, 6) is 1.64. The number of β-amino-alcohol motifs (C(OH)–C–C–N with tert-alkyl or cyclic N) is 1. The van der Waals surface area contributed by atoms with Crippen LogP contribution in [0.3, 0.4) is 0 Å². The van der Waals surface area contributed by atoms with Crippen LogP contribution >= 0.6 is 11.6 Å². The summed E-state index contributed by atoms with van der Waals surface area (Å²) in [7, 11) is 0. The number of fused-ring (bicyclic) bond motifs is 1. The van der Waals surface area contributed by atoms with Crippen LogP contribution in [0.5, 0.6) is 11.5 Å². The first-order valence-corrected chi connectivity index (χ1v) is 7.38. The topological polar surface area (TPSA) is 41.9 Å². The van der Waals surface area contributed by atoms with E-state index >= 15 is 0 Å². The van der Waals surface area contributed by atoms with E-state index in [0.29, 0.717) is 37.1 Å². The van der Waals surface area contributed by atoms with Gasteiger partial charge in [-0.05, 0) is 23.6 Å². The molecule has 2 aliphatic heterocycles. The fraction of sp³-hybridized carbons (Fsp3) is 0.600. The van der Waals surface area contributed by atoms with Crippen molar-refractivity contribution in [2.75, 3.05) is 26.3 Å². The lowest BCUT2D eigenvalue weighted by molar-refractivity contribution is -0.130. The molecule has 0 spiro atoms. The second-order valence-electron chi connectivity index (χ2n) is 6.01. The van der Waals surface area contributed by atoms with Gasteiger partial charge in [-0.15, -0.1) is 0 Å². The van der Waals surface area contributed by atoms with Gasteiger partial charge in [-0.1, -0.05) is 25.4 Å². The van der Waals surface area contributed by atoms with E-state index in [0.717, 1.165) is 17.9 Å². The number of benzene rings is 1. The second kappa shape index (κ2) is 5.10. The molecule has 0 aliphatic carbocycles. The predicted octanol–water partition coefficient (Wildman–Crippen LogP) is 2.31. The molecule has 1 N–H and O–H groups in total. The van der Waals surface area contributed by atoms with Gasteiger partial charge >= 0.3 is 0 Å². The zero-order valence-electron chi connectivity index (χ0n) is 11.9. The maximum Gasteiger partial charge on any atom is 0.179 e. The maximum absolute atomic E-state index is 10.3. The highest BCUT2D eigenvalue weighted by Gasteiger charge is 2.43. The summed E-state index contributed by atoms with van der Waals surface area (Å²) in [6, 6.07) is 3.90. The molecule has 0 unspecified atom stereocenters. The first-order chi connectivity index (χ1) is 9.48. The number of rotatable bonds is 3. The van der Waals surface area contributed by atoms with E-state index in [1.807, 2.05) is 12.1 Å². The van der Waals surface area contributed by atoms with Gasteiger partial charge < -0.3 is 14.6 Å². The Labute approximate surface area is 124 Å². The van der Waals surface area contributed by atoms with Crippen LogP contribution in [0.1, 0.15) is 19.4 Å². The van der Waals surface area contributed by atoms with Gasteiger partial charge in [-0.2, -0.15) is 0 Å². The summed E-state index contributed by atoms with van der Waals surface area (Å²) in [4.78, 5) is 2.21. The molecule has 1 saturated heterocycles. The lowest BCUT2D eigenvalue weighted by Crippen LogP contribution is -2.63. The van der Waals surface area contributed by atoms with Crippen LogP contribution in [0.15, 0.2) is 12.1 Å². The fourth-order valence-electron chi connectivity index (χ4n) is 2.72. The van der Waals surface area contributed by atoms with E-state index < -0.39 is 5.60 Å². The van der Waals surface area contributed by atoms with Crippen molar-refractivity contribution in [2.24, 2.45) is 5.92 Å². The van der Waals surface area contributed by atoms with Crippen molar-refractivity contribution >= 4 is 11.6 Å². The average Bonchev–Trinajstić information content (AvgIpc) is 2.36. The van der Waals surface area contributed by atoms with Gasteiger partial charge in [0.15, 0.2) is 11.5 Å². The lowest BCUT2D eigenvalue weighted by Gasteiger charge is -2.49. The van der Waals surface area contributed by atoms with E-state index in [2.05, 4.69) is 18.7 Å². The van der Waals surface area contributed by atoms with Gasteiger partial charge in [-0.3, -0.25) is 4.90 Å². The highest BCUT2D eigenvalue weighted by Crippen LogP contribution is 2.39. The fourth-order valence-corrected chi connectivity index (χ4v) is 3.01. The monoisotopic (exact) mass is 297 g/mol. The standard InChI is InChI=1S/C15H20ClNO3/c1-10(2)15(18)8-17(9-15)7-11-5-12(16)14-13(6-11)19-3-4-20-14/h5-6,10,18H,3-4,7-9H2,1-2H3. The molecule has 1 aromatic carbocycles. The Balaban J connectivity index is 1.69. The van der Waals surface area contributed by atoms with Gasteiger partial charge in [-0.25, -0.2) is 0 Å². The molecule has 0 aromatic heterocycles. The molecule has 20 heavy (non-hydrogen) atoms. The molecule has 0 amide bonds. The Morgan fingerprint density at radius 2 is 2.00 bits per heavy atom. The van der Waals surface area contributed by atoms with Crippen LogP contribution < -0.4 is 9.47 Å². The van der Waals surface area contributed by atoms with Gasteiger partial charge in [0.05, 0.1) is 10.6 Å². The summed E-state index contributed by atoms with van der Waals surface area (Å²) in [5.41, 5.74) is 0.544. The molecule has 1 aromatic rings. The van der Waals surface area contributed by atoms with E-state index in [1.165, 1.54) is 0 Å². The first kappa shape index (κ1) is 14.0. The van der Waals surface area contributed by atoms with Crippen molar-refractivity contribution in [3.63, 3.8) is 0 Å². The van der Waals surface area contributed by atoms with Crippen molar-refractivity contribution < 1.29 is 14.6 Å². The maximum atomic E-state index is 10.3. The zero-order chi connectivity index (χ0) is 14.3. The average molecular weight is 298 g/mol. The number of ether oxygens (including phenoxy) is 2. The largest absolute Gasteiger partial charge is 0.486 e. The molecular weight excluding hydrogens is 278 g/mol. The Kier molecular flexibility index (Phi) is 3.56. The molecule has 3 rings (SSSR count). The van der Waals surface area contributed by atoms with Crippen LogP contribution in [0.4, 0.5) is 0 Å². The summed E-state index contributed by atoms with van der Waals surface area (Å²) >= 11 is 6.23. The minimum Gasteiger partial charge on any atom is -0.486 e. The quantitative estimate of drug-likeness (QED) is 0.930. The second-order valence-corrected chi connectivity index (χ2v) is 6.41. The van der Waals surface area contributed by atoms with Crippen LogP contribution in [0, 0.1) is 5.92 Å². The number of likely N-dealkylation sites (tertiary alicyclic amines) is 1. The Morgan fingerprint density at radius 1 is 1.30 bits per heavy atom. The van der Waals surface area contributed by atoms with Gasteiger partial charge in [0, 0.05) is 19.6 Å². The van der Waals surface area contributed by atoms with E-state index in [1.54, 1.807) is 0 Å². The number of nitrogens with zero attached hydrogens (tertiary/aromatic N) is 1. The Bertz CT molecular complexity index is 512. The molecule has 5 heteroatoms. The summed E-state index contributed by atoms with van der Waals surface area (Å²) in [6.07, 6.45) is 0. The zero-order valence-corrected chi connectivity index (χ0v) is 12.6. The highest BCUT2D eigenvalue weighted by molar-refractivity contribution is 6.32. The van der Waals surface area contributed by atoms with Crippen molar-refractivity contribution in [3.8, 4) is 11.5 Å². The minimum absolute atomic E-state index is 0.280. The van der Waals surface area contributed by atoms with Crippen LogP contribution in [-0.2, 0) is 6.54 Å². The molecule has 2 aliphatic rings. The highest BCUT2D eigenvalue weighted by atomic mass is 35.5. The smallest absolute Gasteiger partial charge is 0.179 e. The number of aliphatic hydroxyl groups is 1. The van der Waals surface area contributed by atoms with Crippen molar-refractivity contribution in [3.05, 3.63) is 22.7 Å². The molecular formula is C15H20ClNO3. The van der Waals surface area contributed by atoms with Crippen molar-refractivity contribution in [1.82, 2.24) is 4.90 Å². The van der Waals surface area contributed by atoms with Gasteiger partial charge in [0.25, 0.3) is 0 Å². The van der Waals surface area contributed by atoms with E-state index in [9.17, 15) is 5.11 Å². The minimum atomic E-state index is -0.544. The van der Waals surface area contributed by atoms with Crippen LogP contribution in [-0.4, -0.2) is 41.9 Å². The van der Waals surface area contributed by atoms with Crippen molar-refractivity contribution in [2.45, 2.75) is 26.0 Å². The molecule has 0 radical (unpaired) electrons. The predicted molar refractivity (Wildman–Crippen MR) is 77.5 cm³/mol. The molecule has 0 atom stereocenters. The Morgan fingerprint density at radius 3 is 2.70 bits per heavy atom. The molecule has 110 valence electrons. The molecule has 4 nitrogen and oxygen atoms in total. The Hall–Kier alpha value is -0.970. The number of hydrogen-bond acceptors (Lipinski definition) is 4. The third-order valence-corrected chi connectivity index (χ3v) is 4.41.